The van der Waals surface area contributed by atoms with Crippen LogP contribution < -0.4 is 4.74 Å². The summed E-state index contributed by atoms with van der Waals surface area (Å²) in [6, 6.07) is 5.18. The molecule has 2 rings (SSSR count). The molecular formula is C15H16Cl2N2O2. The molecule has 112 valence electrons. The van der Waals surface area contributed by atoms with Crippen LogP contribution in [0.3, 0.4) is 0 Å². The van der Waals surface area contributed by atoms with Gasteiger partial charge >= 0.3 is 0 Å². The lowest BCUT2D eigenvalue weighted by Crippen LogP contribution is -2.13. The average molecular weight is 327 g/mol. The van der Waals surface area contributed by atoms with Crippen LogP contribution in [0.2, 0.25) is 10.0 Å². The van der Waals surface area contributed by atoms with Crippen molar-refractivity contribution in [1.29, 1.82) is 0 Å². The SMILES string of the molecule is CCCn1ncc(OC)c1C(=O)Cc1ccc(Cl)c(Cl)c1. The Morgan fingerprint density at radius 2 is 2.10 bits per heavy atom. The highest BCUT2D eigenvalue weighted by atomic mass is 35.5. The minimum Gasteiger partial charge on any atom is -0.493 e. The Morgan fingerprint density at radius 1 is 1.33 bits per heavy atom. The Hall–Kier alpha value is -1.52. The van der Waals surface area contributed by atoms with E-state index in [1.807, 2.05) is 6.92 Å². The van der Waals surface area contributed by atoms with Crippen molar-refractivity contribution in [2.45, 2.75) is 26.3 Å². The molecule has 1 aromatic carbocycles. The van der Waals surface area contributed by atoms with Crippen molar-refractivity contribution in [1.82, 2.24) is 9.78 Å². The van der Waals surface area contributed by atoms with E-state index in [1.54, 1.807) is 29.1 Å². The summed E-state index contributed by atoms with van der Waals surface area (Å²) in [5.74, 6) is 0.435. The third kappa shape index (κ3) is 3.57. The van der Waals surface area contributed by atoms with Gasteiger partial charge in [0.05, 0.1) is 23.4 Å². The van der Waals surface area contributed by atoms with Crippen molar-refractivity contribution >= 4 is 29.0 Å². The van der Waals surface area contributed by atoms with Crippen LogP contribution in [0.4, 0.5) is 0 Å². The van der Waals surface area contributed by atoms with Crippen LogP contribution in [0, 0.1) is 0 Å². The summed E-state index contributed by atoms with van der Waals surface area (Å²) in [7, 11) is 1.53. The largest absolute Gasteiger partial charge is 0.493 e. The molecule has 2 aromatic rings. The summed E-state index contributed by atoms with van der Waals surface area (Å²) in [5, 5.41) is 5.11. The van der Waals surface area contributed by atoms with E-state index >= 15 is 0 Å². The van der Waals surface area contributed by atoms with Crippen molar-refractivity contribution < 1.29 is 9.53 Å². The molecule has 0 spiro atoms. The van der Waals surface area contributed by atoms with Crippen LogP contribution in [0.15, 0.2) is 24.4 Å². The van der Waals surface area contributed by atoms with Gasteiger partial charge in [-0.25, -0.2) is 0 Å². The monoisotopic (exact) mass is 326 g/mol. The van der Waals surface area contributed by atoms with Gasteiger partial charge in [0.1, 0.15) is 5.69 Å². The zero-order valence-electron chi connectivity index (χ0n) is 11.9. The van der Waals surface area contributed by atoms with Gasteiger partial charge in [-0.2, -0.15) is 5.10 Å². The molecule has 0 aliphatic carbocycles. The van der Waals surface area contributed by atoms with Gasteiger partial charge in [0.15, 0.2) is 11.5 Å². The summed E-state index contributed by atoms with van der Waals surface area (Å²) in [5.41, 5.74) is 1.30. The number of Topliss-reactive ketones (excluding diaryl/α,β-unsaturated/α-hetero) is 1. The summed E-state index contributed by atoms with van der Waals surface area (Å²) in [6.45, 7) is 2.70. The molecule has 0 saturated heterocycles. The number of ketones is 1. The molecule has 21 heavy (non-hydrogen) atoms. The summed E-state index contributed by atoms with van der Waals surface area (Å²) in [6.07, 6.45) is 2.68. The van der Waals surface area contributed by atoms with Crippen molar-refractivity contribution in [2.75, 3.05) is 7.11 Å². The molecule has 0 saturated carbocycles. The zero-order chi connectivity index (χ0) is 15.4. The summed E-state index contributed by atoms with van der Waals surface area (Å²) in [4.78, 5) is 12.5. The van der Waals surface area contributed by atoms with Crippen molar-refractivity contribution in [3.05, 3.63) is 45.7 Å². The maximum atomic E-state index is 12.5. The third-order valence-electron chi connectivity index (χ3n) is 3.07. The van der Waals surface area contributed by atoms with E-state index < -0.39 is 0 Å². The number of benzene rings is 1. The lowest BCUT2D eigenvalue weighted by molar-refractivity contribution is 0.0979. The Bertz CT molecular complexity index is 653. The fourth-order valence-electron chi connectivity index (χ4n) is 2.10. The normalized spacial score (nSPS) is 10.7. The second-order valence-corrected chi connectivity index (χ2v) is 5.45. The predicted molar refractivity (Wildman–Crippen MR) is 83.6 cm³/mol. The fraction of sp³-hybridized carbons (Fsp3) is 0.333. The number of aryl methyl sites for hydroxylation is 1. The van der Waals surface area contributed by atoms with E-state index in [0.717, 1.165) is 12.0 Å². The van der Waals surface area contributed by atoms with Crippen molar-refractivity contribution in [2.24, 2.45) is 0 Å². The topological polar surface area (TPSA) is 44.1 Å². The zero-order valence-corrected chi connectivity index (χ0v) is 13.4. The Labute approximate surface area is 133 Å². The van der Waals surface area contributed by atoms with Crippen LogP contribution >= 0.6 is 23.2 Å². The highest BCUT2D eigenvalue weighted by Crippen LogP contribution is 2.25. The van der Waals surface area contributed by atoms with Gasteiger partial charge in [0.2, 0.25) is 0 Å². The molecule has 0 aliphatic heterocycles. The number of hydrogen-bond acceptors (Lipinski definition) is 3. The molecule has 0 bridgehead atoms. The maximum Gasteiger partial charge on any atom is 0.189 e. The highest BCUT2D eigenvalue weighted by Gasteiger charge is 2.19. The first-order valence-electron chi connectivity index (χ1n) is 6.63. The minimum absolute atomic E-state index is 0.0591. The lowest BCUT2D eigenvalue weighted by Gasteiger charge is -2.08. The van der Waals surface area contributed by atoms with E-state index in [2.05, 4.69) is 5.10 Å². The van der Waals surface area contributed by atoms with E-state index in [4.69, 9.17) is 27.9 Å². The molecule has 0 fully saturated rings. The van der Waals surface area contributed by atoms with Gasteiger partial charge in [-0.3, -0.25) is 9.48 Å². The first kappa shape index (κ1) is 15.9. The number of carbonyl (C=O) groups excluding carboxylic acids is 1. The van der Waals surface area contributed by atoms with E-state index in [1.165, 1.54) is 7.11 Å². The van der Waals surface area contributed by atoms with Gasteiger partial charge in [0.25, 0.3) is 0 Å². The van der Waals surface area contributed by atoms with Crippen molar-refractivity contribution in [3.8, 4) is 5.75 Å². The van der Waals surface area contributed by atoms with Crippen molar-refractivity contribution in [3.63, 3.8) is 0 Å². The second kappa shape index (κ2) is 6.96. The Kier molecular flexibility index (Phi) is 5.26. The molecular weight excluding hydrogens is 311 g/mol. The summed E-state index contributed by atoms with van der Waals surface area (Å²) >= 11 is 11.9. The third-order valence-corrected chi connectivity index (χ3v) is 3.81. The minimum atomic E-state index is -0.0591. The lowest BCUT2D eigenvalue weighted by atomic mass is 10.1. The Morgan fingerprint density at radius 3 is 2.71 bits per heavy atom. The van der Waals surface area contributed by atoms with Crippen LogP contribution in [-0.2, 0) is 13.0 Å². The van der Waals surface area contributed by atoms with E-state index in [-0.39, 0.29) is 12.2 Å². The standard InChI is InChI=1S/C15H16Cl2N2O2/c1-3-6-19-15(14(21-2)9-18-19)13(20)8-10-4-5-11(16)12(17)7-10/h4-5,7,9H,3,6,8H2,1-2H3. The second-order valence-electron chi connectivity index (χ2n) is 4.63. The molecule has 0 amide bonds. The number of nitrogens with zero attached hydrogens (tertiary/aromatic N) is 2. The Balaban J connectivity index is 2.27. The summed E-state index contributed by atoms with van der Waals surface area (Å²) < 4.78 is 6.90. The van der Waals surface area contributed by atoms with Crippen LogP contribution in [0.5, 0.6) is 5.75 Å². The maximum absolute atomic E-state index is 12.5. The molecule has 0 N–H and O–H groups in total. The van der Waals surface area contributed by atoms with E-state index in [0.29, 0.717) is 28.0 Å². The average Bonchev–Trinajstić information content (AvgIpc) is 2.86. The molecule has 4 nitrogen and oxygen atoms in total. The number of halogens is 2. The number of hydrogen-bond donors (Lipinski definition) is 0. The molecule has 0 aliphatic rings. The smallest absolute Gasteiger partial charge is 0.189 e. The van der Waals surface area contributed by atoms with Crippen LogP contribution in [0.1, 0.15) is 29.4 Å². The number of methoxy groups -OCH3 is 1. The molecule has 1 aromatic heterocycles. The highest BCUT2D eigenvalue weighted by molar-refractivity contribution is 6.42. The van der Waals surface area contributed by atoms with Gasteiger partial charge in [-0.1, -0.05) is 36.2 Å². The number of carbonyl (C=O) groups is 1. The van der Waals surface area contributed by atoms with E-state index in [9.17, 15) is 4.79 Å². The quantitative estimate of drug-likeness (QED) is 0.752. The van der Waals surface area contributed by atoms with Crippen LogP contribution in [0.25, 0.3) is 0 Å². The fourth-order valence-corrected chi connectivity index (χ4v) is 2.42. The van der Waals surface area contributed by atoms with Gasteiger partial charge in [-0.15, -0.1) is 0 Å². The first-order valence-corrected chi connectivity index (χ1v) is 7.39. The molecule has 6 heteroatoms. The molecule has 0 unspecified atom stereocenters. The molecule has 0 atom stereocenters. The number of aromatic nitrogens is 2. The van der Waals surface area contributed by atoms with Crippen LogP contribution in [-0.4, -0.2) is 22.7 Å². The van der Waals surface area contributed by atoms with Gasteiger partial charge in [0, 0.05) is 13.0 Å². The number of ether oxygens (including phenoxy) is 1. The first-order chi connectivity index (χ1) is 10.1. The molecule has 1 heterocycles. The predicted octanol–water partition coefficient (Wildman–Crippen LogP) is 4.03. The van der Waals surface area contributed by atoms with Gasteiger partial charge < -0.3 is 4.74 Å². The molecule has 0 radical (unpaired) electrons. The van der Waals surface area contributed by atoms with Gasteiger partial charge in [-0.05, 0) is 24.1 Å². The number of rotatable bonds is 6.